The molecule has 0 aromatic heterocycles. The van der Waals surface area contributed by atoms with Gasteiger partial charge in [0.2, 0.25) is 21.8 Å². The zero-order chi connectivity index (χ0) is 26.3. The summed E-state index contributed by atoms with van der Waals surface area (Å²) in [6.45, 7) is 4.79. The Kier molecular flexibility index (Phi) is 9.79. The number of carbonyl (C=O) groups is 2. The number of benzene rings is 2. The van der Waals surface area contributed by atoms with Crippen molar-refractivity contribution in [2.75, 3.05) is 31.3 Å². The van der Waals surface area contributed by atoms with Crippen LogP contribution in [0, 0.1) is 0 Å². The third-order valence-electron chi connectivity index (χ3n) is 5.20. The van der Waals surface area contributed by atoms with Crippen LogP contribution in [0.5, 0.6) is 11.5 Å². The molecule has 2 aromatic rings. The van der Waals surface area contributed by atoms with Gasteiger partial charge in [0.1, 0.15) is 24.1 Å². The molecular formula is C24H32ClN3O6S. The number of hydrogen-bond acceptors (Lipinski definition) is 6. The number of nitrogens with zero attached hydrogens (tertiary/aromatic N) is 2. The molecule has 0 bridgehead atoms. The number of halogens is 1. The van der Waals surface area contributed by atoms with Crippen molar-refractivity contribution in [2.24, 2.45) is 0 Å². The van der Waals surface area contributed by atoms with Crippen molar-refractivity contribution >= 4 is 39.1 Å². The molecule has 2 amide bonds. The zero-order valence-electron chi connectivity index (χ0n) is 20.7. The highest BCUT2D eigenvalue weighted by Crippen LogP contribution is 2.33. The van der Waals surface area contributed by atoms with Crippen LogP contribution in [-0.4, -0.2) is 64.2 Å². The topological polar surface area (TPSA) is 105 Å². The Balaban J connectivity index is 2.45. The Morgan fingerprint density at radius 2 is 1.66 bits per heavy atom. The molecule has 9 nitrogen and oxygen atoms in total. The van der Waals surface area contributed by atoms with E-state index in [2.05, 4.69) is 5.32 Å². The van der Waals surface area contributed by atoms with Crippen molar-refractivity contribution in [3.05, 3.63) is 53.1 Å². The van der Waals surface area contributed by atoms with E-state index in [0.717, 1.165) is 16.1 Å². The minimum atomic E-state index is -3.90. The van der Waals surface area contributed by atoms with Gasteiger partial charge in [-0.3, -0.25) is 13.9 Å². The Hall–Kier alpha value is -2.98. The summed E-state index contributed by atoms with van der Waals surface area (Å²) in [5, 5.41) is 3.33. The van der Waals surface area contributed by atoms with E-state index in [-0.39, 0.29) is 29.9 Å². The summed E-state index contributed by atoms with van der Waals surface area (Å²) < 4.78 is 37.0. The normalized spacial score (nSPS) is 12.1. The highest BCUT2D eigenvalue weighted by Gasteiger charge is 2.31. The maximum atomic E-state index is 13.5. The van der Waals surface area contributed by atoms with Gasteiger partial charge in [-0.25, -0.2) is 8.42 Å². The standard InChI is InChI=1S/C24H32ClN3O6S/c1-16(2)26-24(30)17(3)27(14-18-7-9-19(25)10-8-18)23(29)15-28(35(6,31)32)21-12-11-20(33-4)13-22(21)34-5/h7-13,16-17H,14-15H2,1-6H3,(H,26,30)/t17-/m0/s1. The van der Waals surface area contributed by atoms with Gasteiger partial charge in [-0.05, 0) is 50.6 Å². The lowest BCUT2D eigenvalue weighted by Crippen LogP contribution is -2.52. The third kappa shape index (κ3) is 7.76. The number of hydrogen-bond donors (Lipinski definition) is 1. The van der Waals surface area contributed by atoms with Crippen LogP contribution in [0.4, 0.5) is 5.69 Å². The fraction of sp³-hybridized carbons (Fsp3) is 0.417. The summed E-state index contributed by atoms with van der Waals surface area (Å²) in [6, 6.07) is 10.5. The van der Waals surface area contributed by atoms with Crippen molar-refractivity contribution in [3.8, 4) is 11.5 Å². The van der Waals surface area contributed by atoms with Gasteiger partial charge in [0, 0.05) is 23.7 Å². The minimum Gasteiger partial charge on any atom is -0.497 e. The second kappa shape index (κ2) is 12.1. The maximum Gasteiger partial charge on any atom is 0.244 e. The molecule has 35 heavy (non-hydrogen) atoms. The number of anilines is 1. The molecule has 0 aliphatic heterocycles. The van der Waals surface area contributed by atoms with Crippen molar-refractivity contribution in [1.82, 2.24) is 10.2 Å². The highest BCUT2D eigenvalue weighted by atomic mass is 35.5. The van der Waals surface area contributed by atoms with Crippen molar-refractivity contribution < 1.29 is 27.5 Å². The summed E-state index contributed by atoms with van der Waals surface area (Å²) in [7, 11) is -1.02. The molecule has 2 aromatic carbocycles. The van der Waals surface area contributed by atoms with Crippen LogP contribution in [0.2, 0.25) is 5.02 Å². The molecule has 0 aliphatic carbocycles. The second-order valence-corrected chi connectivity index (χ2v) is 10.6. The first-order valence-electron chi connectivity index (χ1n) is 10.9. The number of amides is 2. The highest BCUT2D eigenvalue weighted by molar-refractivity contribution is 7.92. The summed E-state index contributed by atoms with van der Waals surface area (Å²) in [5.74, 6) is -0.226. The summed E-state index contributed by atoms with van der Waals surface area (Å²) in [4.78, 5) is 27.7. The van der Waals surface area contributed by atoms with Crippen molar-refractivity contribution in [2.45, 2.75) is 39.4 Å². The predicted octanol–water partition coefficient (Wildman–Crippen LogP) is 3.07. The Morgan fingerprint density at radius 3 is 2.17 bits per heavy atom. The van der Waals surface area contributed by atoms with E-state index < -0.39 is 28.5 Å². The summed E-state index contributed by atoms with van der Waals surface area (Å²) >= 11 is 5.98. The van der Waals surface area contributed by atoms with E-state index in [1.165, 1.54) is 31.3 Å². The van der Waals surface area contributed by atoms with Crippen LogP contribution < -0.4 is 19.1 Å². The molecule has 2 rings (SSSR count). The number of carbonyl (C=O) groups excluding carboxylic acids is 2. The Labute approximate surface area is 212 Å². The lowest BCUT2D eigenvalue weighted by atomic mass is 10.1. The first kappa shape index (κ1) is 28.3. The Morgan fingerprint density at radius 1 is 1.03 bits per heavy atom. The molecule has 0 fully saturated rings. The van der Waals surface area contributed by atoms with Gasteiger partial charge in [0.05, 0.1) is 26.2 Å². The van der Waals surface area contributed by atoms with Crippen molar-refractivity contribution in [3.63, 3.8) is 0 Å². The largest absolute Gasteiger partial charge is 0.497 e. The summed E-state index contributed by atoms with van der Waals surface area (Å²) in [6.07, 6.45) is 1.00. The smallest absolute Gasteiger partial charge is 0.244 e. The fourth-order valence-corrected chi connectivity index (χ4v) is 4.34. The number of methoxy groups -OCH3 is 2. The molecule has 0 spiro atoms. The molecule has 1 atom stereocenters. The molecule has 0 heterocycles. The maximum absolute atomic E-state index is 13.5. The average molecular weight is 526 g/mol. The van der Waals surface area contributed by atoms with Crippen LogP contribution in [0.3, 0.4) is 0 Å². The van der Waals surface area contributed by atoms with Gasteiger partial charge >= 0.3 is 0 Å². The van der Waals surface area contributed by atoms with Crippen LogP contribution in [0.25, 0.3) is 0 Å². The fourth-order valence-electron chi connectivity index (χ4n) is 3.36. The van der Waals surface area contributed by atoms with E-state index in [1.54, 1.807) is 37.3 Å². The SMILES string of the molecule is COc1ccc(N(CC(=O)N(Cc2ccc(Cl)cc2)[C@@H](C)C(=O)NC(C)C)S(C)(=O)=O)c(OC)c1. The van der Waals surface area contributed by atoms with E-state index in [0.29, 0.717) is 10.8 Å². The van der Waals surface area contributed by atoms with Gasteiger partial charge in [-0.2, -0.15) is 0 Å². The molecule has 11 heteroatoms. The van der Waals surface area contributed by atoms with Gasteiger partial charge in [-0.1, -0.05) is 23.7 Å². The predicted molar refractivity (Wildman–Crippen MR) is 136 cm³/mol. The van der Waals surface area contributed by atoms with Gasteiger partial charge in [0.15, 0.2) is 0 Å². The first-order valence-corrected chi connectivity index (χ1v) is 13.1. The zero-order valence-corrected chi connectivity index (χ0v) is 22.3. The molecule has 0 saturated heterocycles. The van der Waals surface area contributed by atoms with E-state index >= 15 is 0 Å². The average Bonchev–Trinajstić information content (AvgIpc) is 2.80. The molecule has 0 unspecified atom stereocenters. The van der Waals surface area contributed by atoms with E-state index in [9.17, 15) is 18.0 Å². The molecule has 1 N–H and O–H groups in total. The van der Waals surface area contributed by atoms with E-state index in [1.807, 2.05) is 13.8 Å². The second-order valence-electron chi connectivity index (χ2n) is 8.29. The van der Waals surface area contributed by atoms with Crippen molar-refractivity contribution in [1.29, 1.82) is 0 Å². The number of ether oxygens (including phenoxy) is 2. The minimum absolute atomic E-state index is 0.0834. The van der Waals surface area contributed by atoms with Crippen LogP contribution in [0.15, 0.2) is 42.5 Å². The molecule has 0 radical (unpaired) electrons. The lowest BCUT2D eigenvalue weighted by molar-refractivity contribution is -0.139. The lowest BCUT2D eigenvalue weighted by Gasteiger charge is -2.32. The van der Waals surface area contributed by atoms with Crippen LogP contribution >= 0.6 is 11.6 Å². The number of sulfonamides is 1. The molecular weight excluding hydrogens is 494 g/mol. The molecule has 192 valence electrons. The summed E-state index contributed by atoms with van der Waals surface area (Å²) in [5.41, 5.74) is 0.912. The first-order chi connectivity index (χ1) is 16.4. The molecule has 0 saturated carbocycles. The monoisotopic (exact) mass is 525 g/mol. The number of nitrogens with one attached hydrogen (secondary N) is 1. The number of rotatable bonds is 11. The van der Waals surface area contributed by atoms with Crippen LogP contribution in [0.1, 0.15) is 26.3 Å². The van der Waals surface area contributed by atoms with Crippen LogP contribution in [-0.2, 0) is 26.2 Å². The van der Waals surface area contributed by atoms with E-state index in [4.69, 9.17) is 21.1 Å². The Bertz CT molecular complexity index is 1140. The quantitative estimate of drug-likeness (QED) is 0.483. The molecule has 0 aliphatic rings. The van der Waals surface area contributed by atoms with Gasteiger partial charge in [-0.15, -0.1) is 0 Å². The van der Waals surface area contributed by atoms with Gasteiger partial charge in [0.25, 0.3) is 0 Å². The third-order valence-corrected chi connectivity index (χ3v) is 6.58. The van der Waals surface area contributed by atoms with Gasteiger partial charge < -0.3 is 19.7 Å².